The molecule has 0 heterocycles. The molecule has 1 aliphatic rings. The third kappa shape index (κ3) is 3.45. The van der Waals surface area contributed by atoms with E-state index in [1.54, 1.807) is 0 Å². The van der Waals surface area contributed by atoms with Gasteiger partial charge < -0.3 is 10.2 Å². The molecule has 0 spiro atoms. The molecule has 14 heavy (non-hydrogen) atoms. The van der Waals surface area contributed by atoms with Crippen LogP contribution in [0.4, 0.5) is 0 Å². The van der Waals surface area contributed by atoms with Crippen LogP contribution in [0, 0.1) is 0 Å². The minimum atomic E-state index is 0.647. The highest BCUT2D eigenvalue weighted by atomic mass is 32.1. The highest BCUT2D eigenvalue weighted by Crippen LogP contribution is 2.17. The Morgan fingerprint density at radius 3 is 2.50 bits per heavy atom. The Morgan fingerprint density at radius 1 is 1.36 bits per heavy atom. The molecule has 82 valence electrons. The lowest BCUT2D eigenvalue weighted by atomic mass is 10.2. The van der Waals surface area contributed by atoms with E-state index in [-0.39, 0.29) is 0 Å². The highest BCUT2D eigenvalue weighted by Gasteiger charge is 2.17. The lowest BCUT2D eigenvalue weighted by molar-refractivity contribution is 0.421. The van der Waals surface area contributed by atoms with Crippen LogP contribution in [0.3, 0.4) is 0 Å². The normalized spacial score (nSPS) is 17.0. The van der Waals surface area contributed by atoms with Crippen molar-refractivity contribution in [3.8, 4) is 0 Å². The summed E-state index contributed by atoms with van der Waals surface area (Å²) in [4.78, 5) is 2.26. The average molecular weight is 214 g/mol. The van der Waals surface area contributed by atoms with Gasteiger partial charge in [0.05, 0.1) is 0 Å². The van der Waals surface area contributed by atoms with Gasteiger partial charge in [0.25, 0.3) is 0 Å². The van der Waals surface area contributed by atoms with Gasteiger partial charge in [0, 0.05) is 19.1 Å². The van der Waals surface area contributed by atoms with Crippen LogP contribution >= 0.6 is 12.2 Å². The summed E-state index contributed by atoms with van der Waals surface area (Å²) in [7, 11) is 0. The number of nitrogens with zero attached hydrogens (tertiary/aromatic N) is 1. The first-order valence-electron chi connectivity index (χ1n) is 5.83. The van der Waals surface area contributed by atoms with Crippen LogP contribution in [0.5, 0.6) is 0 Å². The Kier molecular flexibility index (Phi) is 5.23. The first-order chi connectivity index (χ1) is 6.77. The summed E-state index contributed by atoms with van der Waals surface area (Å²) in [6.45, 7) is 6.46. The van der Waals surface area contributed by atoms with E-state index in [1.807, 2.05) is 0 Å². The lowest BCUT2D eigenvalue weighted by Crippen LogP contribution is -2.43. The Balaban J connectivity index is 2.30. The Hall–Kier alpha value is -0.310. The Labute approximate surface area is 93.1 Å². The first-order valence-corrected chi connectivity index (χ1v) is 6.24. The fourth-order valence-electron chi connectivity index (χ4n) is 2.01. The molecule has 0 unspecified atom stereocenters. The molecule has 1 N–H and O–H groups in total. The van der Waals surface area contributed by atoms with Gasteiger partial charge in [-0.15, -0.1) is 0 Å². The largest absolute Gasteiger partial charge is 0.360 e. The molecule has 1 aliphatic carbocycles. The van der Waals surface area contributed by atoms with Gasteiger partial charge in [-0.1, -0.05) is 19.8 Å². The summed E-state index contributed by atoms with van der Waals surface area (Å²) in [6.07, 6.45) is 6.48. The minimum absolute atomic E-state index is 0.647. The maximum absolute atomic E-state index is 5.39. The van der Waals surface area contributed by atoms with Gasteiger partial charge in [0.1, 0.15) is 0 Å². The molecule has 0 bridgehead atoms. The lowest BCUT2D eigenvalue weighted by Gasteiger charge is -2.26. The van der Waals surface area contributed by atoms with Crippen molar-refractivity contribution in [2.75, 3.05) is 13.1 Å². The fourth-order valence-corrected chi connectivity index (χ4v) is 2.40. The molecule has 0 saturated heterocycles. The molecular weight excluding hydrogens is 192 g/mol. The average Bonchev–Trinajstić information content (AvgIpc) is 2.66. The smallest absolute Gasteiger partial charge is 0.169 e. The van der Waals surface area contributed by atoms with Crippen molar-refractivity contribution in [3.05, 3.63) is 0 Å². The summed E-state index contributed by atoms with van der Waals surface area (Å²) >= 11 is 5.39. The van der Waals surface area contributed by atoms with Crippen LogP contribution in [-0.2, 0) is 0 Å². The molecule has 2 nitrogen and oxygen atoms in total. The van der Waals surface area contributed by atoms with Gasteiger partial charge in [-0.2, -0.15) is 0 Å². The summed E-state index contributed by atoms with van der Waals surface area (Å²) in [5.41, 5.74) is 0. The molecular formula is C11H22N2S. The van der Waals surface area contributed by atoms with Crippen molar-refractivity contribution in [3.63, 3.8) is 0 Å². The second kappa shape index (κ2) is 6.23. The number of thiocarbonyl (C=S) groups is 1. The van der Waals surface area contributed by atoms with Crippen molar-refractivity contribution in [1.82, 2.24) is 10.2 Å². The highest BCUT2D eigenvalue weighted by molar-refractivity contribution is 7.80. The van der Waals surface area contributed by atoms with E-state index in [0.29, 0.717) is 6.04 Å². The number of hydrogen-bond acceptors (Lipinski definition) is 1. The van der Waals surface area contributed by atoms with E-state index in [2.05, 4.69) is 24.1 Å². The Morgan fingerprint density at radius 2 is 2.00 bits per heavy atom. The topological polar surface area (TPSA) is 15.3 Å². The predicted octanol–water partition coefficient (Wildman–Crippen LogP) is 2.54. The molecule has 1 saturated carbocycles. The minimum Gasteiger partial charge on any atom is -0.360 e. The van der Waals surface area contributed by atoms with Crippen LogP contribution in [0.25, 0.3) is 0 Å². The quantitative estimate of drug-likeness (QED) is 0.724. The van der Waals surface area contributed by atoms with Gasteiger partial charge in [-0.05, 0) is 38.4 Å². The maximum atomic E-state index is 5.39. The second-order valence-electron chi connectivity index (χ2n) is 4.01. The number of nitrogens with one attached hydrogen (secondary N) is 1. The molecule has 0 aromatic carbocycles. The summed E-state index contributed by atoms with van der Waals surface area (Å²) in [5.74, 6) is 0. The zero-order valence-electron chi connectivity index (χ0n) is 9.38. The summed E-state index contributed by atoms with van der Waals surface area (Å²) in [5, 5.41) is 4.43. The van der Waals surface area contributed by atoms with E-state index in [0.717, 1.165) is 18.2 Å². The summed E-state index contributed by atoms with van der Waals surface area (Å²) < 4.78 is 0. The molecule has 0 aromatic rings. The monoisotopic (exact) mass is 214 g/mol. The van der Waals surface area contributed by atoms with Crippen LogP contribution < -0.4 is 5.32 Å². The molecule has 0 amide bonds. The SMILES string of the molecule is CCCN(CC)C(=S)NC1CCCC1. The first kappa shape index (κ1) is 11.8. The number of rotatable bonds is 4. The van der Waals surface area contributed by atoms with Crippen LogP contribution in [-0.4, -0.2) is 29.1 Å². The molecule has 3 heteroatoms. The van der Waals surface area contributed by atoms with Crippen molar-refractivity contribution >= 4 is 17.3 Å². The standard InChI is InChI=1S/C11H22N2S/c1-3-9-13(4-2)11(14)12-10-7-5-6-8-10/h10H,3-9H2,1-2H3,(H,12,14). The third-order valence-electron chi connectivity index (χ3n) is 2.85. The van der Waals surface area contributed by atoms with Gasteiger partial charge in [-0.3, -0.25) is 0 Å². The van der Waals surface area contributed by atoms with Crippen molar-refractivity contribution in [1.29, 1.82) is 0 Å². The van der Waals surface area contributed by atoms with Gasteiger partial charge in [-0.25, -0.2) is 0 Å². The molecule has 0 atom stereocenters. The molecule has 1 rings (SSSR count). The molecule has 0 aromatic heterocycles. The maximum Gasteiger partial charge on any atom is 0.169 e. The van der Waals surface area contributed by atoms with Gasteiger partial charge in [0.15, 0.2) is 5.11 Å². The molecule has 0 radical (unpaired) electrons. The van der Waals surface area contributed by atoms with Crippen molar-refractivity contribution in [2.24, 2.45) is 0 Å². The van der Waals surface area contributed by atoms with Gasteiger partial charge >= 0.3 is 0 Å². The zero-order valence-corrected chi connectivity index (χ0v) is 10.2. The van der Waals surface area contributed by atoms with Crippen LogP contribution in [0.15, 0.2) is 0 Å². The fraction of sp³-hybridized carbons (Fsp3) is 0.909. The van der Waals surface area contributed by atoms with E-state index in [1.165, 1.54) is 32.1 Å². The van der Waals surface area contributed by atoms with Gasteiger partial charge in [0.2, 0.25) is 0 Å². The van der Waals surface area contributed by atoms with E-state index in [9.17, 15) is 0 Å². The molecule has 0 aliphatic heterocycles. The Bertz CT molecular complexity index is 176. The third-order valence-corrected chi connectivity index (χ3v) is 3.22. The predicted molar refractivity (Wildman–Crippen MR) is 65.5 cm³/mol. The van der Waals surface area contributed by atoms with Crippen molar-refractivity contribution in [2.45, 2.75) is 52.0 Å². The van der Waals surface area contributed by atoms with Crippen LogP contribution in [0.1, 0.15) is 46.0 Å². The van der Waals surface area contributed by atoms with Crippen LogP contribution in [0.2, 0.25) is 0 Å². The summed E-state index contributed by atoms with van der Waals surface area (Å²) in [6, 6.07) is 0.647. The second-order valence-corrected chi connectivity index (χ2v) is 4.40. The molecule has 1 fully saturated rings. The van der Waals surface area contributed by atoms with E-state index in [4.69, 9.17) is 12.2 Å². The zero-order chi connectivity index (χ0) is 10.4. The van der Waals surface area contributed by atoms with Crippen molar-refractivity contribution < 1.29 is 0 Å². The number of hydrogen-bond donors (Lipinski definition) is 1. The van der Waals surface area contributed by atoms with E-state index < -0.39 is 0 Å². The van der Waals surface area contributed by atoms with E-state index >= 15 is 0 Å².